The van der Waals surface area contributed by atoms with Crippen molar-refractivity contribution in [3.8, 4) is 40.0 Å². The minimum Gasteiger partial charge on any atom is -0.497 e. The molecule has 0 radical (unpaired) electrons. The van der Waals surface area contributed by atoms with E-state index in [1.165, 1.54) is 19.2 Å². The van der Waals surface area contributed by atoms with Gasteiger partial charge in [0, 0.05) is 71.4 Å². The Kier molecular flexibility index (Phi) is 9.35. The molecular formula is C36H34F3N5O6. The zero-order valence-electron chi connectivity index (χ0n) is 27.8. The number of benzene rings is 3. The molecule has 6 rings (SSSR count). The molecule has 11 nitrogen and oxygen atoms in total. The Morgan fingerprint density at radius 3 is 2.18 bits per heavy atom. The number of urea groups is 1. The van der Waals surface area contributed by atoms with Crippen molar-refractivity contribution in [3.63, 3.8) is 0 Å². The minimum absolute atomic E-state index is 0.125. The number of pyridine rings is 1. The zero-order valence-corrected chi connectivity index (χ0v) is 27.8. The second-order valence-electron chi connectivity index (χ2n) is 11.3. The number of H-pyrrole nitrogens is 1. The van der Waals surface area contributed by atoms with Crippen LogP contribution in [0.1, 0.15) is 11.1 Å². The average Bonchev–Trinajstić information content (AvgIpc) is 3.68. The quantitative estimate of drug-likeness (QED) is 0.142. The van der Waals surface area contributed by atoms with Crippen LogP contribution in [0.25, 0.3) is 33.2 Å². The normalized spacial score (nSPS) is 11.4. The average molecular weight is 690 g/mol. The Morgan fingerprint density at radius 1 is 0.820 bits per heavy atom. The van der Waals surface area contributed by atoms with Crippen molar-refractivity contribution < 1.29 is 41.7 Å². The summed E-state index contributed by atoms with van der Waals surface area (Å²) in [6.07, 6.45) is -1.16. The second-order valence-corrected chi connectivity index (χ2v) is 11.3. The van der Waals surface area contributed by atoms with Crippen LogP contribution < -0.4 is 29.0 Å². The Hall–Kier alpha value is -6.05. The molecule has 0 bridgehead atoms. The molecule has 0 fully saturated rings. The molecular weight excluding hydrogens is 655 g/mol. The van der Waals surface area contributed by atoms with Gasteiger partial charge in [0.05, 0.1) is 40.5 Å². The molecule has 0 aliphatic heterocycles. The van der Waals surface area contributed by atoms with Gasteiger partial charge in [-0.1, -0.05) is 0 Å². The lowest BCUT2D eigenvalue weighted by atomic mass is 10.1. The number of alkyl halides is 3. The molecule has 2 amide bonds. The predicted octanol–water partition coefficient (Wildman–Crippen LogP) is 7.89. The summed E-state index contributed by atoms with van der Waals surface area (Å²) in [4.78, 5) is 23.4. The van der Waals surface area contributed by atoms with Gasteiger partial charge in [-0.15, -0.1) is 13.2 Å². The van der Waals surface area contributed by atoms with Crippen molar-refractivity contribution in [2.75, 3.05) is 33.8 Å². The monoisotopic (exact) mass is 689 g/mol. The number of anilines is 1. The van der Waals surface area contributed by atoms with Gasteiger partial charge in [-0.2, -0.15) is 0 Å². The SMILES string of the molecule is COc1ccc(CN(Cc2ccnc3[nH]c(-c4cn(C)c5cc(OC)c(OC)cc45)cc23)C(=O)Nc2ccc(OC(F)(F)F)cc2)c(OC)c1. The van der Waals surface area contributed by atoms with E-state index >= 15 is 0 Å². The number of aromatic nitrogens is 3. The molecule has 0 aliphatic rings. The van der Waals surface area contributed by atoms with Crippen LogP contribution >= 0.6 is 0 Å². The fourth-order valence-corrected chi connectivity index (χ4v) is 5.82. The topological polar surface area (TPSA) is 112 Å². The fourth-order valence-electron chi connectivity index (χ4n) is 5.82. The number of aryl methyl sites for hydroxylation is 1. The number of carbonyl (C=O) groups excluding carboxylic acids is 1. The number of carbonyl (C=O) groups is 1. The Balaban J connectivity index is 1.35. The van der Waals surface area contributed by atoms with Crippen LogP contribution in [0.3, 0.4) is 0 Å². The summed E-state index contributed by atoms with van der Waals surface area (Å²) in [6, 6.07) is 17.4. The number of halogens is 3. The standard InChI is InChI=1S/C36H34F3N5O6/c1-43-20-28(27-16-32(48-4)33(49-5)17-30(27)43)29-15-26-21(12-13-40-34(26)42-29)18-44(19-22-6-9-25(46-2)14-31(22)47-3)35(45)41-23-7-10-24(11-8-23)50-36(37,38)39/h6-17,20H,18-19H2,1-5H3,(H,40,42)(H,41,45). The number of methoxy groups -OCH3 is 4. The molecule has 0 spiro atoms. The number of aromatic amines is 1. The number of amides is 2. The van der Waals surface area contributed by atoms with E-state index in [1.807, 2.05) is 48.1 Å². The molecule has 0 unspecified atom stereocenters. The van der Waals surface area contributed by atoms with Crippen molar-refractivity contribution in [3.05, 3.63) is 90.3 Å². The second kappa shape index (κ2) is 13.8. The van der Waals surface area contributed by atoms with Crippen LogP contribution in [-0.2, 0) is 20.1 Å². The number of nitrogens with one attached hydrogen (secondary N) is 2. The van der Waals surface area contributed by atoms with Crippen LogP contribution in [0.2, 0.25) is 0 Å². The summed E-state index contributed by atoms with van der Waals surface area (Å²) in [6.45, 7) is 0.271. The number of hydrogen-bond donors (Lipinski definition) is 2. The smallest absolute Gasteiger partial charge is 0.497 e. The molecule has 3 aromatic carbocycles. The number of hydrogen-bond acceptors (Lipinski definition) is 7. The third-order valence-corrected chi connectivity index (χ3v) is 8.25. The summed E-state index contributed by atoms with van der Waals surface area (Å²) in [5, 5.41) is 4.53. The molecule has 0 atom stereocenters. The lowest BCUT2D eigenvalue weighted by molar-refractivity contribution is -0.274. The van der Waals surface area contributed by atoms with Gasteiger partial charge < -0.3 is 43.5 Å². The van der Waals surface area contributed by atoms with Gasteiger partial charge in [-0.3, -0.25) is 0 Å². The van der Waals surface area contributed by atoms with Gasteiger partial charge in [-0.05, 0) is 60.2 Å². The summed E-state index contributed by atoms with van der Waals surface area (Å²) in [7, 11) is 8.21. The van der Waals surface area contributed by atoms with Crippen molar-refractivity contribution >= 4 is 33.7 Å². The molecule has 3 aromatic heterocycles. The first kappa shape index (κ1) is 33.8. The molecule has 2 N–H and O–H groups in total. The van der Waals surface area contributed by atoms with E-state index in [0.29, 0.717) is 34.2 Å². The first-order valence-electron chi connectivity index (χ1n) is 15.3. The van der Waals surface area contributed by atoms with Crippen molar-refractivity contribution in [2.24, 2.45) is 7.05 Å². The maximum atomic E-state index is 13.9. The van der Waals surface area contributed by atoms with E-state index < -0.39 is 18.1 Å². The van der Waals surface area contributed by atoms with Gasteiger partial charge in [-0.25, -0.2) is 9.78 Å². The lowest BCUT2D eigenvalue weighted by Gasteiger charge is -2.25. The summed E-state index contributed by atoms with van der Waals surface area (Å²) in [5.74, 6) is 1.92. The first-order valence-corrected chi connectivity index (χ1v) is 15.3. The van der Waals surface area contributed by atoms with Crippen LogP contribution in [-0.4, -0.2) is 60.3 Å². The third-order valence-electron chi connectivity index (χ3n) is 8.25. The molecule has 0 saturated heterocycles. The van der Waals surface area contributed by atoms with Crippen LogP contribution in [0, 0.1) is 0 Å². The molecule has 3 heterocycles. The summed E-state index contributed by atoms with van der Waals surface area (Å²) < 4.78 is 66.0. The molecule has 0 saturated carbocycles. The third kappa shape index (κ3) is 7.04. The molecule has 260 valence electrons. The van der Waals surface area contributed by atoms with E-state index in [0.717, 1.165) is 45.2 Å². The van der Waals surface area contributed by atoms with E-state index in [1.54, 1.807) is 44.6 Å². The van der Waals surface area contributed by atoms with Crippen LogP contribution in [0.15, 0.2) is 79.1 Å². The highest BCUT2D eigenvalue weighted by molar-refractivity contribution is 6.00. The van der Waals surface area contributed by atoms with E-state index in [-0.39, 0.29) is 18.8 Å². The van der Waals surface area contributed by atoms with Gasteiger partial charge in [0.2, 0.25) is 0 Å². The Morgan fingerprint density at radius 2 is 1.50 bits per heavy atom. The maximum Gasteiger partial charge on any atom is 0.573 e. The minimum atomic E-state index is -4.83. The Labute approximate surface area is 285 Å². The number of fused-ring (bicyclic) bond motifs is 2. The van der Waals surface area contributed by atoms with Gasteiger partial charge in [0.25, 0.3) is 0 Å². The van der Waals surface area contributed by atoms with Crippen molar-refractivity contribution in [1.82, 2.24) is 19.4 Å². The van der Waals surface area contributed by atoms with Crippen molar-refractivity contribution in [2.45, 2.75) is 19.5 Å². The summed E-state index contributed by atoms with van der Waals surface area (Å²) >= 11 is 0. The lowest BCUT2D eigenvalue weighted by Crippen LogP contribution is -2.34. The van der Waals surface area contributed by atoms with E-state index in [2.05, 4.69) is 20.0 Å². The molecule has 14 heteroatoms. The fraction of sp³-hybridized carbons (Fsp3) is 0.222. The number of ether oxygens (including phenoxy) is 5. The molecule has 0 aliphatic carbocycles. The zero-order chi connectivity index (χ0) is 35.6. The largest absolute Gasteiger partial charge is 0.573 e. The predicted molar refractivity (Wildman–Crippen MR) is 182 cm³/mol. The first-order chi connectivity index (χ1) is 24.0. The van der Waals surface area contributed by atoms with Gasteiger partial charge in [0.1, 0.15) is 22.9 Å². The van der Waals surface area contributed by atoms with Crippen molar-refractivity contribution in [1.29, 1.82) is 0 Å². The highest BCUT2D eigenvalue weighted by Gasteiger charge is 2.31. The van der Waals surface area contributed by atoms with E-state index in [9.17, 15) is 18.0 Å². The van der Waals surface area contributed by atoms with Gasteiger partial charge >= 0.3 is 12.4 Å². The van der Waals surface area contributed by atoms with Gasteiger partial charge in [0.15, 0.2) is 11.5 Å². The molecule has 6 aromatic rings. The van der Waals surface area contributed by atoms with Crippen LogP contribution in [0.4, 0.5) is 23.7 Å². The van der Waals surface area contributed by atoms with E-state index in [4.69, 9.17) is 18.9 Å². The number of rotatable bonds is 11. The molecule has 50 heavy (non-hydrogen) atoms. The highest BCUT2D eigenvalue weighted by Crippen LogP contribution is 2.39. The maximum absolute atomic E-state index is 13.9. The highest BCUT2D eigenvalue weighted by atomic mass is 19.4. The van der Waals surface area contributed by atoms with Crippen LogP contribution in [0.5, 0.6) is 28.7 Å². The number of nitrogens with zero attached hydrogens (tertiary/aromatic N) is 3. The summed E-state index contributed by atoms with van der Waals surface area (Å²) in [5.41, 5.74) is 5.08. The Bertz CT molecular complexity index is 2160.